The van der Waals surface area contributed by atoms with E-state index in [1.54, 1.807) is 25.1 Å². The minimum Gasteiger partial charge on any atom is -0.456 e. The summed E-state index contributed by atoms with van der Waals surface area (Å²) in [5.41, 5.74) is 0.710. The van der Waals surface area contributed by atoms with Crippen LogP contribution in [0.3, 0.4) is 0 Å². The van der Waals surface area contributed by atoms with Crippen LogP contribution in [0, 0.1) is 0 Å². The van der Waals surface area contributed by atoms with Crippen LogP contribution in [-0.4, -0.2) is 24.3 Å². The molecule has 7 heteroatoms. The zero-order valence-electron chi connectivity index (χ0n) is 12.3. The van der Waals surface area contributed by atoms with Crippen LogP contribution in [-0.2, 0) is 19.1 Å². The number of Topliss-reactive ketones (excluding diaryl/α,β-unsaturated/α-hetero) is 1. The van der Waals surface area contributed by atoms with E-state index in [2.05, 4.69) is 5.32 Å². The molecule has 0 aliphatic carbocycles. The monoisotopic (exact) mass is 345 g/mol. The van der Waals surface area contributed by atoms with E-state index in [1.165, 1.54) is 6.92 Å². The van der Waals surface area contributed by atoms with Gasteiger partial charge in [-0.2, -0.15) is 0 Å². The Labute approximate surface area is 138 Å². The number of hydrogen-bond acceptors (Lipinski definition) is 4. The van der Waals surface area contributed by atoms with Crippen LogP contribution in [0.15, 0.2) is 18.2 Å². The molecule has 1 N–H and O–H groups in total. The van der Waals surface area contributed by atoms with Crippen LogP contribution >= 0.6 is 23.2 Å². The number of ketones is 1. The largest absolute Gasteiger partial charge is 0.456 e. The molecular weight excluding hydrogens is 329 g/mol. The first-order valence-corrected chi connectivity index (χ1v) is 7.44. The standard InChI is InChI=1S/C15H17Cl2NO4/c1-9(19)3-6-15(21)22-8-14(20)18-10(2)12-5-4-11(16)7-13(12)17/h4-5,7,10H,3,6,8H2,1-2H3,(H,18,20)/t10-/m1/s1. The molecule has 1 aromatic rings. The zero-order valence-corrected chi connectivity index (χ0v) is 13.8. The maximum absolute atomic E-state index is 11.7. The summed E-state index contributed by atoms with van der Waals surface area (Å²) in [6.07, 6.45) is 0.0818. The number of hydrogen-bond donors (Lipinski definition) is 1. The van der Waals surface area contributed by atoms with E-state index in [9.17, 15) is 14.4 Å². The van der Waals surface area contributed by atoms with Gasteiger partial charge < -0.3 is 14.8 Å². The van der Waals surface area contributed by atoms with Gasteiger partial charge in [-0.3, -0.25) is 9.59 Å². The lowest BCUT2D eigenvalue weighted by Gasteiger charge is -2.16. The smallest absolute Gasteiger partial charge is 0.306 e. The van der Waals surface area contributed by atoms with Crippen LogP contribution < -0.4 is 5.32 Å². The molecule has 0 aliphatic rings. The summed E-state index contributed by atoms with van der Waals surface area (Å²) in [5, 5.41) is 3.62. The molecule has 0 fully saturated rings. The van der Waals surface area contributed by atoms with Crippen molar-refractivity contribution in [2.45, 2.75) is 32.7 Å². The highest BCUT2D eigenvalue weighted by Crippen LogP contribution is 2.25. The first-order chi connectivity index (χ1) is 10.3. The highest BCUT2D eigenvalue weighted by molar-refractivity contribution is 6.35. The second kappa shape index (κ2) is 8.76. The lowest BCUT2D eigenvalue weighted by molar-refractivity contribution is -0.149. The summed E-state index contributed by atoms with van der Waals surface area (Å²) in [4.78, 5) is 33.8. The van der Waals surface area contributed by atoms with Crippen LogP contribution in [0.2, 0.25) is 10.0 Å². The highest BCUT2D eigenvalue weighted by Gasteiger charge is 2.14. The average molecular weight is 346 g/mol. The van der Waals surface area contributed by atoms with E-state index in [1.807, 2.05) is 0 Å². The van der Waals surface area contributed by atoms with Gasteiger partial charge in [-0.25, -0.2) is 0 Å². The fraction of sp³-hybridized carbons (Fsp3) is 0.400. The summed E-state index contributed by atoms with van der Waals surface area (Å²) in [6, 6.07) is 4.62. The maximum Gasteiger partial charge on any atom is 0.306 e. The highest BCUT2D eigenvalue weighted by atomic mass is 35.5. The van der Waals surface area contributed by atoms with Crippen molar-refractivity contribution in [2.24, 2.45) is 0 Å². The van der Waals surface area contributed by atoms with E-state index in [-0.39, 0.29) is 24.7 Å². The molecular formula is C15H17Cl2NO4. The molecule has 0 heterocycles. The summed E-state index contributed by atoms with van der Waals surface area (Å²) in [6.45, 7) is 2.74. The van der Waals surface area contributed by atoms with Gasteiger partial charge in [-0.15, -0.1) is 0 Å². The number of esters is 1. The second-order valence-corrected chi connectivity index (χ2v) is 5.66. The topological polar surface area (TPSA) is 72.5 Å². The van der Waals surface area contributed by atoms with Gasteiger partial charge in [0.1, 0.15) is 5.78 Å². The van der Waals surface area contributed by atoms with Gasteiger partial charge in [0, 0.05) is 16.5 Å². The quantitative estimate of drug-likeness (QED) is 0.770. The zero-order chi connectivity index (χ0) is 16.7. The number of nitrogens with one attached hydrogen (secondary N) is 1. The number of halogens is 2. The summed E-state index contributed by atoms with van der Waals surface area (Å²) >= 11 is 11.9. The molecule has 22 heavy (non-hydrogen) atoms. The summed E-state index contributed by atoms with van der Waals surface area (Å²) in [5.74, 6) is -1.13. The predicted molar refractivity (Wildman–Crippen MR) is 83.9 cm³/mol. The third-order valence-corrected chi connectivity index (χ3v) is 3.41. The minimum atomic E-state index is -0.581. The molecule has 0 aliphatic heterocycles. The normalized spacial score (nSPS) is 11.6. The van der Waals surface area contributed by atoms with E-state index >= 15 is 0 Å². The van der Waals surface area contributed by atoms with Crippen LogP contribution in [0.25, 0.3) is 0 Å². The molecule has 1 atom stereocenters. The molecule has 0 saturated carbocycles. The Hall–Kier alpha value is -1.59. The van der Waals surface area contributed by atoms with E-state index in [4.69, 9.17) is 27.9 Å². The van der Waals surface area contributed by atoms with E-state index in [0.717, 1.165) is 0 Å². The Morgan fingerprint density at radius 1 is 1.23 bits per heavy atom. The first-order valence-electron chi connectivity index (χ1n) is 6.69. The molecule has 1 aromatic carbocycles. The number of carbonyl (C=O) groups excluding carboxylic acids is 3. The fourth-order valence-corrected chi connectivity index (χ4v) is 2.28. The van der Waals surface area contributed by atoms with Gasteiger partial charge >= 0.3 is 5.97 Å². The molecule has 0 unspecified atom stereocenters. The van der Waals surface area contributed by atoms with Gasteiger partial charge in [0.2, 0.25) is 0 Å². The van der Waals surface area contributed by atoms with Crippen molar-refractivity contribution in [3.05, 3.63) is 33.8 Å². The van der Waals surface area contributed by atoms with Crippen molar-refractivity contribution in [3.63, 3.8) is 0 Å². The number of ether oxygens (including phenoxy) is 1. The van der Waals surface area contributed by atoms with Crippen molar-refractivity contribution in [1.82, 2.24) is 5.32 Å². The number of carbonyl (C=O) groups is 3. The molecule has 1 rings (SSSR count). The Bertz CT molecular complexity index is 575. The number of rotatable bonds is 7. The summed E-state index contributed by atoms with van der Waals surface area (Å²) in [7, 11) is 0. The molecule has 5 nitrogen and oxygen atoms in total. The Morgan fingerprint density at radius 3 is 2.50 bits per heavy atom. The van der Waals surface area contributed by atoms with Crippen molar-refractivity contribution in [3.8, 4) is 0 Å². The van der Waals surface area contributed by atoms with Crippen molar-refractivity contribution < 1.29 is 19.1 Å². The van der Waals surface area contributed by atoms with Crippen LogP contribution in [0.5, 0.6) is 0 Å². The Kier molecular flexibility index (Phi) is 7.35. The fourth-order valence-electron chi connectivity index (χ4n) is 1.71. The Balaban J connectivity index is 2.44. The average Bonchev–Trinajstić information content (AvgIpc) is 2.42. The SMILES string of the molecule is CC(=O)CCC(=O)OCC(=O)N[C@H](C)c1ccc(Cl)cc1Cl. The van der Waals surface area contributed by atoms with E-state index in [0.29, 0.717) is 15.6 Å². The molecule has 0 spiro atoms. The van der Waals surface area contributed by atoms with Gasteiger partial charge in [0.25, 0.3) is 5.91 Å². The lowest BCUT2D eigenvalue weighted by atomic mass is 10.1. The molecule has 1 amide bonds. The molecule has 0 aromatic heterocycles. The van der Waals surface area contributed by atoms with Crippen molar-refractivity contribution >= 4 is 40.9 Å². The molecule has 0 bridgehead atoms. The van der Waals surface area contributed by atoms with Crippen LogP contribution in [0.4, 0.5) is 0 Å². The van der Waals surface area contributed by atoms with Gasteiger partial charge in [-0.05, 0) is 31.5 Å². The molecule has 0 saturated heterocycles. The number of benzene rings is 1. The van der Waals surface area contributed by atoms with Gasteiger partial charge in [0.15, 0.2) is 6.61 Å². The Morgan fingerprint density at radius 2 is 1.91 bits per heavy atom. The van der Waals surface area contributed by atoms with Gasteiger partial charge in [-0.1, -0.05) is 29.3 Å². The first kappa shape index (κ1) is 18.5. The molecule has 0 radical (unpaired) electrons. The summed E-state index contributed by atoms with van der Waals surface area (Å²) < 4.78 is 4.78. The predicted octanol–water partition coefficient (Wildman–Crippen LogP) is 3.08. The number of amides is 1. The van der Waals surface area contributed by atoms with Crippen molar-refractivity contribution in [2.75, 3.05) is 6.61 Å². The maximum atomic E-state index is 11.7. The van der Waals surface area contributed by atoms with Crippen LogP contribution in [0.1, 0.15) is 38.3 Å². The molecule has 120 valence electrons. The minimum absolute atomic E-state index is 0.0266. The third-order valence-electron chi connectivity index (χ3n) is 2.85. The van der Waals surface area contributed by atoms with E-state index < -0.39 is 18.5 Å². The third kappa shape index (κ3) is 6.45. The van der Waals surface area contributed by atoms with Gasteiger partial charge in [0.05, 0.1) is 12.5 Å². The second-order valence-electron chi connectivity index (χ2n) is 4.82. The lowest BCUT2D eigenvalue weighted by Crippen LogP contribution is -2.31. The van der Waals surface area contributed by atoms with Crippen molar-refractivity contribution in [1.29, 1.82) is 0 Å².